The molecule has 1 saturated heterocycles. The summed E-state index contributed by atoms with van der Waals surface area (Å²) in [4.78, 5) is 13.6. The zero-order valence-corrected chi connectivity index (χ0v) is 10.4. The summed E-state index contributed by atoms with van der Waals surface area (Å²) >= 11 is 0. The summed E-state index contributed by atoms with van der Waals surface area (Å²) in [7, 11) is 0. The molecule has 0 spiro atoms. The van der Waals surface area contributed by atoms with Gasteiger partial charge in [-0.3, -0.25) is 0 Å². The van der Waals surface area contributed by atoms with Crippen molar-refractivity contribution in [2.24, 2.45) is 0 Å². The molecule has 1 fully saturated rings. The van der Waals surface area contributed by atoms with Crippen LogP contribution in [0.5, 0.6) is 0 Å². The fraction of sp³-hybridized carbons (Fsp3) is 0.917. The second kappa shape index (κ2) is 6.09. The number of nitrogens with zero attached hydrogens (tertiary/aromatic N) is 1. The molecule has 1 rings (SSSR count). The molecular weight excluding hydrogens is 206 g/mol. The molecule has 94 valence electrons. The lowest BCUT2D eigenvalue weighted by atomic mass is 9.99. The van der Waals surface area contributed by atoms with Gasteiger partial charge in [-0.2, -0.15) is 0 Å². The number of rotatable bonds is 4. The molecule has 1 unspecified atom stereocenters. The van der Waals surface area contributed by atoms with Crippen LogP contribution in [0.1, 0.15) is 46.0 Å². The molecule has 0 radical (unpaired) electrons. The van der Waals surface area contributed by atoms with E-state index in [0.717, 1.165) is 32.4 Å². The highest BCUT2D eigenvalue weighted by Crippen LogP contribution is 2.22. The normalized spacial score (nSPS) is 20.3. The second-order valence-electron chi connectivity index (χ2n) is 4.69. The summed E-state index contributed by atoms with van der Waals surface area (Å²) in [5.74, 6) is 0. The Morgan fingerprint density at radius 1 is 1.38 bits per heavy atom. The fourth-order valence-corrected chi connectivity index (χ4v) is 1.89. The maximum atomic E-state index is 11.9. The van der Waals surface area contributed by atoms with Crippen LogP contribution in [0.2, 0.25) is 0 Å². The Labute approximate surface area is 97.6 Å². The van der Waals surface area contributed by atoms with Crippen molar-refractivity contribution in [2.45, 2.75) is 51.6 Å². The van der Waals surface area contributed by atoms with Gasteiger partial charge in [0.1, 0.15) is 5.60 Å². The third-order valence-electron chi connectivity index (χ3n) is 3.34. The minimum Gasteiger partial charge on any atom is -0.443 e. The highest BCUT2D eigenvalue weighted by atomic mass is 16.6. The largest absolute Gasteiger partial charge is 0.443 e. The lowest BCUT2D eigenvalue weighted by Crippen LogP contribution is -2.42. The van der Waals surface area contributed by atoms with Crippen molar-refractivity contribution in [1.29, 1.82) is 0 Å². The van der Waals surface area contributed by atoms with E-state index in [9.17, 15) is 4.79 Å². The maximum Gasteiger partial charge on any atom is 0.410 e. The Kier molecular flexibility index (Phi) is 5.06. The summed E-state index contributed by atoms with van der Waals surface area (Å²) in [5, 5.41) is 8.95. The van der Waals surface area contributed by atoms with Crippen molar-refractivity contribution < 1.29 is 14.6 Å². The number of piperidine rings is 1. The van der Waals surface area contributed by atoms with E-state index in [1.165, 1.54) is 6.42 Å². The molecule has 0 aromatic carbocycles. The molecular formula is C12H23NO3. The van der Waals surface area contributed by atoms with Gasteiger partial charge in [0, 0.05) is 26.1 Å². The molecule has 1 N–H and O–H groups in total. The van der Waals surface area contributed by atoms with E-state index in [-0.39, 0.29) is 12.7 Å². The SMILES string of the molecule is CCC(C)(CCO)OC(=O)N1CCCCC1. The zero-order chi connectivity index (χ0) is 12.0. The van der Waals surface area contributed by atoms with Crippen LogP contribution >= 0.6 is 0 Å². The zero-order valence-electron chi connectivity index (χ0n) is 10.4. The number of aliphatic hydroxyl groups is 1. The van der Waals surface area contributed by atoms with Gasteiger partial charge in [0.2, 0.25) is 0 Å². The second-order valence-corrected chi connectivity index (χ2v) is 4.69. The fourth-order valence-electron chi connectivity index (χ4n) is 1.89. The molecule has 4 nitrogen and oxygen atoms in total. The number of amides is 1. The Bertz CT molecular complexity index is 226. The molecule has 1 atom stereocenters. The molecule has 0 aromatic rings. The lowest BCUT2D eigenvalue weighted by Gasteiger charge is -2.33. The van der Waals surface area contributed by atoms with Gasteiger partial charge in [0.15, 0.2) is 0 Å². The van der Waals surface area contributed by atoms with Crippen molar-refractivity contribution in [3.05, 3.63) is 0 Å². The summed E-state index contributed by atoms with van der Waals surface area (Å²) in [6.45, 7) is 5.51. The molecule has 1 heterocycles. The van der Waals surface area contributed by atoms with Crippen LogP contribution in [0.3, 0.4) is 0 Å². The topological polar surface area (TPSA) is 49.8 Å². The van der Waals surface area contributed by atoms with Crippen LogP contribution < -0.4 is 0 Å². The van der Waals surface area contributed by atoms with E-state index in [2.05, 4.69) is 0 Å². The van der Waals surface area contributed by atoms with Crippen molar-refractivity contribution >= 4 is 6.09 Å². The van der Waals surface area contributed by atoms with E-state index < -0.39 is 5.60 Å². The van der Waals surface area contributed by atoms with Gasteiger partial charge in [-0.25, -0.2) is 4.79 Å². The molecule has 0 aromatic heterocycles. The average Bonchev–Trinajstić information content (AvgIpc) is 2.30. The minimum absolute atomic E-state index is 0.0532. The predicted octanol–water partition coefficient (Wildman–Crippen LogP) is 2.16. The Hall–Kier alpha value is -0.770. The van der Waals surface area contributed by atoms with E-state index in [4.69, 9.17) is 9.84 Å². The summed E-state index contributed by atoms with van der Waals surface area (Å²) in [5.41, 5.74) is -0.525. The van der Waals surface area contributed by atoms with Gasteiger partial charge in [0.25, 0.3) is 0 Å². The quantitative estimate of drug-likeness (QED) is 0.803. The molecule has 1 aliphatic heterocycles. The smallest absolute Gasteiger partial charge is 0.410 e. The van der Waals surface area contributed by atoms with E-state index in [1.807, 2.05) is 13.8 Å². The maximum absolute atomic E-state index is 11.9. The van der Waals surface area contributed by atoms with Crippen LogP contribution in [0.4, 0.5) is 4.79 Å². The number of carbonyl (C=O) groups is 1. The predicted molar refractivity (Wildman–Crippen MR) is 62.3 cm³/mol. The first-order valence-electron chi connectivity index (χ1n) is 6.20. The van der Waals surface area contributed by atoms with E-state index in [0.29, 0.717) is 6.42 Å². The number of hydrogen-bond donors (Lipinski definition) is 1. The number of likely N-dealkylation sites (tertiary alicyclic amines) is 1. The molecule has 0 aliphatic carbocycles. The van der Waals surface area contributed by atoms with Gasteiger partial charge < -0.3 is 14.7 Å². The molecule has 1 aliphatic rings. The number of aliphatic hydroxyl groups excluding tert-OH is 1. The van der Waals surface area contributed by atoms with Crippen LogP contribution in [-0.2, 0) is 4.74 Å². The molecule has 16 heavy (non-hydrogen) atoms. The van der Waals surface area contributed by atoms with E-state index >= 15 is 0 Å². The Balaban J connectivity index is 2.47. The molecule has 0 saturated carbocycles. The van der Waals surface area contributed by atoms with Gasteiger partial charge >= 0.3 is 6.09 Å². The first kappa shape index (κ1) is 13.3. The van der Waals surface area contributed by atoms with Crippen LogP contribution in [0, 0.1) is 0 Å². The lowest BCUT2D eigenvalue weighted by molar-refractivity contribution is -0.0168. The van der Waals surface area contributed by atoms with Gasteiger partial charge in [-0.1, -0.05) is 6.92 Å². The molecule has 1 amide bonds. The molecule has 4 heteroatoms. The van der Waals surface area contributed by atoms with Gasteiger partial charge in [-0.05, 0) is 32.6 Å². The standard InChI is InChI=1S/C12H23NO3/c1-3-12(2,7-10-14)16-11(15)13-8-5-4-6-9-13/h14H,3-10H2,1-2H3. The van der Waals surface area contributed by atoms with Crippen LogP contribution in [0.25, 0.3) is 0 Å². The third-order valence-corrected chi connectivity index (χ3v) is 3.34. The third kappa shape index (κ3) is 3.67. The highest BCUT2D eigenvalue weighted by Gasteiger charge is 2.29. The van der Waals surface area contributed by atoms with Crippen LogP contribution in [0.15, 0.2) is 0 Å². The van der Waals surface area contributed by atoms with Gasteiger partial charge in [-0.15, -0.1) is 0 Å². The van der Waals surface area contributed by atoms with Crippen molar-refractivity contribution in [3.8, 4) is 0 Å². The van der Waals surface area contributed by atoms with Gasteiger partial charge in [0.05, 0.1) is 0 Å². The van der Waals surface area contributed by atoms with Crippen molar-refractivity contribution in [1.82, 2.24) is 4.90 Å². The van der Waals surface area contributed by atoms with Crippen molar-refractivity contribution in [3.63, 3.8) is 0 Å². The summed E-state index contributed by atoms with van der Waals surface area (Å²) in [6, 6.07) is 0. The Morgan fingerprint density at radius 2 is 2.00 bits per heavy atom. The average molecular weight is 229 g/mol. The number of ether oxygens (including phenoxy) is 1. The summed E-state index contributed by atoms with van der Waals surface area (Å²) in [6.07, 6.45) is 4.34. The van der Waals surface area contributed by atoms with Crippen LogP contribution in [-0.4, -0.2) is 41.4 Å². The first-order valence-corrected chi connectivity index (χ1v) is 6.20. The Morgan fingerprint density at radius 3 is 2.50 bits per heavy atom. The van der Waals surface area contributed by atoms with Crippen molar-refractivity contribution in [2.75, 3.05) is 19.7 Å². The number of carbonyl (C=O) groups excluding carboxylic acids is 1. The summed E-state index contributed by atoms with van der Waals surface area (Å²) < 4.78 is 5.49. The van der Waals surface area contributed by atoms with E-state index in [1.54, 1.807) is 4.90 Å². The first-order chi connectivity index (χ1) is 7.61. The molecule has 0 bridgehead atoms. The minimum atomic E-state index is -0.525. The number of hydrogen-bond acceptors (Lipinski definition) is 3. The highest BCUT2D eigenvalue weighted by molar-refractivity contribution is 5.68. The monoisotopic (exact) mass is 229 g/mol.